The second kappa shape index (κ2) is 10.7. The maximum atomic E-state index is 5.39. The quantitative estimate of drug-likeness (QED) is 0.451. The number of thioether (sulfide) groups is 1. The average Bonchev–Trinajstić information content (AvgIpc) is 3.23. The Labute approximate surface area is 185 Å². The molecule has 1 aromatic heterocycles. The molecule has 2 aromatic rings. The number of hydrogen-bond donors (Lipinski definition) is 0. The van der Waals surface area contributed by atoms with Gasteiger partial charge >= 0.3 is 0 Å². The van der Waals surface area contributed by atoms with Crippen molar-refractivity contribution >= 4 is 11.8 Å². The molecule has 6 heteroatoms. The van der Waals surface area contributed by atoms with Crippen molar-refractivity contribution in [3.63, 3.8) is 0 Å². The van der Waals surface area contributed by atoms with Gasteiger partial charge in [-0.25, -0.2) is 9.97 Å². The fourth-order valence-electron chi connectivity index (χ4n) is 4.98. The van der Waals surface area contributed by atoms with E-state index in [4.69, 9.17) is 4.74 Å². The third kappa shape index (κ3) is 5.61. The normalized spacial score (nSPS) is 20.0. The largest absolute Gasteiger partial charge is 0.383 e. The van der Waals surface area contributed by atoms with Crippen LogP contribution in [0.3, 0.4) is 0 Å². The van der Waals surface area contributed by atoms with Gasteiger partial charge in [-0.05, 0) is 55.5 Å². The second-order valence-electron chi connectivity index (χ2n) is 8.64. The fourth-order valence-corrected chi connectivity index (χ4v) is 5.30. The summed E-state index contributed by atoms with van der Waals surface area (Å²) in [6.45, 7) is 6.18. The Hall–Kier alpha value is -1.47. The SMILES string of the molecule is COCCN(Cc1cnc(SC)nc1)C[C@@H]1CCCN(C2Cc3ccccc3C2)C1. The van der Waals surface area contributed by atoms with E-state index >= 15 is 0 Å². The lowest BCUT2D eigenvalue weighted by Crippen LogP contribution is -2.46. The molecule has 162 valence electrons. The monoisotopic (exact) mass is 426 g/mol. The molecule has 4 rings (SSSR count). The minimum absolute atomic E-state index is 0.685. The molecule has 0 radical (unpaired) electrons. The molecule has 1 saturated heterocycles. The lowest BCUT2D eigenvalue weighted by Gasteiger charge is -2.38. The molecule has 30 heavy (non-hydrogen) atoms. The lowest BCUT2D eigenvalue weighted by atomic mass is 9.95. The first-order chi connectivity index (χ1) is 14.7. The third-order valence-electron chi connectivity index (χ3n) is 6.49. The molecule has 0 amide bonds. The highest BCUT2D eigenvalue weighted by Gasteiger charge is 2.31. The molecule has 5 nitrogen and oxygen atoms in total. The Kier molecular flexibility index (Phi) is 7.77. The van der Waals surface area contributed by atoms with Crippen molar-refractivity contribution in [2.75, 3.05) is 46.2 Å². The first-order valence-corrected chi connectivity index (χ1v) is 12.3. The maximum absolute atomic E-state index is 5.39. The van der Waals surface area contributed by atoms with Crippen LogP contribution in [0, 0.1) is 5.92 Å². The van der Waals surface area contributed by atoms with Gasteiger partial charge in [-0.1, -0.05) is 36.0 Å². The zero-order valence-corrected chi connectivity index (χ0v) is 19.1. The summed E-state index contributed by atoms with van der Waals surface area (Å²) < 4.78 is 5.39. The zero-order chi connectivity index (χ0) is 20.8. The van der Waals surface area contributed by atoms with Gasteiger partial charge in [0.2, 0.25) is 0 Å². The van der Waals surface area contributed by atoms with Crippen LogP contribution in [0.5, 0.6) is 0 Å². The van der Waals surface area contributed by atoms with E-state index in [0.717, 1.165) is 31.4 Å². The van der Waals surface area contributed by atoms with Gasteiger partial charge in [0, 0.05) is 57.3 Å². The van der Waals surface area contributed by atoms with Crippen LogP contribution in [-0.2, 0) is 24.1 Å². The van der Waals surface area contributed by atoms with E-state index in [0.29, 0.717) is 12.0 Å². The van der Waals surface area contributed by atoms with Gasteiger partial charge in [0.15, 0.2) is 5.16 Å². The second-order valence-corrected chi connectivity index (χ2v) is 9.41. The van der Waals surface area contributed by atoms with Crippen molar-refractivity contribution < 1.29 is 4.74 Å². The van der Waals surface area contributed by atoms with Crippen molar-refractivity contribution in [2.45, 2.75) is 43.4 Å². The van der Waals surface area contributed by atoms with Crippen LogP contribution in [0.4, 0.5) is 0 Å². The molecule has 1 aliphatic carbocycles. The van der Waals surface area contributed by atoms with Crippen LogP contribution in [0.1, 0.15) is 29.5 Å². The number of piperidine rings is 1. The molecule has 1 fully saturated rings. The van der Waals surface area contributed by atoms with Gasteiger partial charge in [0.1, 0.15) is 0 Å². The molecule has 1 aromatic carbocycles. The zero-order valence-electron chi connectivity index (χ0n) is 18.3. The summed E-state index contributed by atoms with van der Waals surface area (Å²) in [6.07, 6.45) is 11.0. The average molecular weight is 427 g/mol. The number of rotatable bonds is 9. The van der Waals surface area contributed by atoms with E-state index in [1.807, 2.05) is 18.6 Å². The summed E-state index contributed by atoms with van der Waals surface area (Å²) in [4.78, 5) is 14.2. The minimum Gasteiger partial charge on any atom is -0.383 e. The van der Waals surface area contributed by atoms with Gasteiger partial charge < -0.3 is 4.74 Å². The number of methoxy groups -OCH3 is 1. The number of hydrogen-bond acceptors (Lipinski definition) is 6. The van der Waals surface area contributed by atoms with Crippen LogP contribution in [0.25, 0.3) is 0 Å². The van der Waals surface area contributed by atoms with E-state index < -0.39 is 0 Å². The number of benzene rings is 1. The molecule has 0 unspecified atom stereocenters. The maximum Gasteiger partial charge on any atom is 0.187 e. The van der Waals surface area contributed by atoms with Gasteiger partial charge in [0.25, 0.3) is 0 Å². The number of ether oxygens (including phenoxy) is 1. The van der Waals surface area contributed by atoms with Crippen LogP contribution in [0.2, 0.25) is 0 Å². The van der Waals surface area contributed by atoms with E-state index in [-0.39, 0.29) is 0 Å². The number of fused-ring (bicyclic) bond motifs is 1. The van der Waals surface area contributed by atoms with E-state index in [1.54, 1.807) is 30.0 Å². The summed E-state index contributed by atoms with van der Waals surface area (Å²) in [6, 6.07) is 9.68. The number of likely N-dealkylation sites (tertiary alicyclic amines) is 1. The Morgan fingerprint density at radius 1 is 1.17 bits per heavy atom. The van der Waals surface area contributed by atoms with Crippen LogP contribution >= 0.6 is 11.8 Å². The van der Waals surface area contributed by atoms with Gasteiger partial charge in [-0.3, -0.25) is 9.80 Å². The first-order valence-electron chi connectivity index (χ1n) is 11.1. The minimum atomic E-state index is 0.685. The van der Waals surface area contributed by atoms with Crippen molar-refractivity contribution in [3.8, 4) is 0 Å². The molecule has 0 bridgehead atoms. The van der Waals surface area contributed by atoms with Crippen molar-refractivity contribution in [1.29, 1.82) is 0 Å². The molecule has 2 aliphatic rings. The molecular formula is C24H34N4OS. The Balaban J connectivity index is 1.35. The van der Waals surface area contributed by atoms with E-state index in [9.17, 15) is 0 Å². The Morgan fingerprint density at radius 3 is 2.57 bits per heavy atom. The standard InChI is InChI=1S/C24H34N4OS/c1-29-11-10-27(17-20-14-25-24(30-2)26-15-20)16-19-6-5-9-28(18-19)23-12-21-7-3-4-8-22(21)13-23/h3-4,7-8,14-15,19,23H,5-6,9-13,16-18H2,1-2H3/t19-/m0/s1. The van der Waals surface area contributed by atoms with Gasteiger partial charge in [0.05, 0.1) is 6.61 Å². The fraction of sp³-hybridized carbons (Fsp3) is 0.583. The summed E-state index contributed by atoms with van der Waals surface area (Å²) in [5, 5.41) is 0.836. The summed E-state index contributed by atoms with van der Waals surface area (Å²) in [5.41, 5.74) is 4.29. The lowest BCUT2D eigenvalue weighted by molar-refractivity contribution is 0.0843. The topological polar surface area (TPSA) is 41.5 Å². The molecule has 1 atom stereocenters. The van der Waals surface area contributed by atoms with Crippen LogP contribution in [0.15, 0.2) is 41.8 Å². The Bertz CT molecular complexity index is 775. The van der Waals surface area contributed by atoms with Gasteiger partial charge in [-0.15, -0.1) is 0 Å². The van der Waals surface area contributed by atoms with E-state index in [2.05, 4.69) is 44.0 Å². The number of nitrogens with zero attached hydrogens (tertiary/aromatic N) is 4. The summed E-state index contributed by atoms with van der Waals surface area (Å²) in [7, 11) is 1.79. The molecule has 0 spiro atoms. The van der Waals surface area contributed by atoms with E-state index in [1.165, 1.54) is 44.3 Å². The van der Waals surface area contributed by atoms with Crippen molar-refractivity contribution in [2.24, 2.45) is 5.92 Å². The van der Waals surface area contributed by atoms with Crippen molar-refractivity contribution in [3.05, 3.63) is 53.3 Å². The highest BCUT2D eigenvalue weighted by atomic mass is 32.2. The molecule has 1 aliphatic heterocycles. The highest BCUT2D eigenvalue weighted by Crippen LogP contribution is 2.29. The molecule has 2 heterocycles. The van der Waals surface area contributed by atoms with Crippen molar-refractivity contribution in [1.82, 2.24) is 19.8 Å². The van der Waals surface area contributed by atoms with Gasteiger partial charge in [-0.2, -0.15) is 0 Å². The predicted octanol–water partition coefficient (Wildman–Crippen LogP) is 3.53. The third-order valence-corrected chi connectivity index (χ3v) is 7.07. The predicted molar refractivity (Wildman–Crippen MR) is 123 cm³/mol. The molecular weight excluding hydrogens is 392 g/mol. The van der Waals surface area contributed by atoms with Crippen LogP contribution < -0.4 is 0 Å². The number of aromatic nitrogens is 2. The highest BCUT2D eigenvalue weighted by molar-refractivity contribution is 7.98. The Morgan fingerprint density at radius 2 is 1.90 bits per heavy atom. The summed E-state index contributed by atoms with van der Waals surface area (Å²) >= 11 is 1.59. The summed E-state index contributed by atoms with van der Waals surface area (Å²) in [5.74, 6) is 0.714. The smallest absolute Gasteiger partial charge is 0.187 e. The first kappa shape index (κ1) is 21.8. The van der Waals surface area contributed by atoms with Crippen LogP contribution in [-0.4, -0.2) is 72.0 Å². The molecule has 0 saturated carbocycles. The molecule has 0 N–H and O–H groups in total.